The van der Waals surface area contributed by atoms with Crippen LogP contribution in [0.5, 0.6) is 0 Å². The third-order valence-corrected chi connectivity index (χ3v) is 8.60. The molecule has 10 heteroatoms. The minimum absolute atomic E-state index is 0.0512. The number of rotatable bonds is 5. The number of nitrogens with one attached hydrogen (secondary N) is 2. The molecule has 5 unspecified atom stereocenters. The first-order valence-corrected chi connectivity index (χ1v) is 11.5. The van der Waals surface area contributed by atoms with E-state index in [9.17, 15) is 24.6 Å². The molecule has 0 aromatic heterocycles. The summed E-state index contributed by atoms with van der Waals surface area (Å²) in [6.07, 6.45) is -0.161. The molecule has 0 radical (unpaired) electrons. The second-order valence-electron chi connectivity index (χ2n) is 9.14. The normalized spacial score (nSPS) is 36.5. The summed E-state index contributed by atoms with van der Waals surface area (Å²) in [4.78, 5) is 39.6. The van der Waals surface area contributed by atoms with Crippen molar-refractivity contribution in [1.29, 1.82) is 0 Å². The molecule has 6 atom stereocenters. The second-order valence-corrected chi connectivity index (χ2v) is 10.5. The van der Waals surface area contributed by atoms with E-state index in [4.69, 9.17) is 0 Å². The number of β-lactam (4-membered cyclic amide) rings is 1. The van der Waals surface area contributed by atoms with Crippen molar-refractivity contribution in [3.05, 3.63) is 10.6 Å². The van der Waals surface area contributed by atoms with Crippen LogP contribution in [-0.2, 0) is 14.4 Å². The van der Waals surface area contributed by atoms with Crippen LogP contribution in [0.1, 0.15) is 20.3 Å². The average molecular weight is 440 g/mol. The molecule has 0 aromatic rings. The Labute approximate surface area is 180 Å². The van der Waals surface area contributed by atoms with E-state index in [0.29, 0.717) is 22.4 Å². The molecule has 0 aliphatic carbocycles. The molecular weight excluding hydrogens is 408 g/mol. The Morgan fingerprint density at radius 3 is 2.57 bits per heavy atom. The second kappa shape index (κ2) is 7.90. The number of carboxylic acid groups (broad SMARTS) is 1. The largest absolute Gasteiger partial charge is 0.477 e. The van der Waals surface area contributed by atoms with Crippen molar-refractivity contribution >= 4 is 29.5 Å². The van der Waals surface area contributed by atoms with E-state index in [1.165, 1.54) is 16.7 Å². The van der Waals surface area contributed by atoms with E-state index >= 15 is 0 Å². The van der Waals surface area contributed by atoms with Gasteiger partial charge in [0, 0.05) is 35.7 Å². The fraction of sp³-hybridized carbons (Fsp3) is 0.750. The number of aliphatic carboxylic acids is 1. The molecule has 4 rings (SSSR count). The maximum Gasteiger partial charge on any atom is 0.353 e. The van der Waals surface area contributed by atoms with E-state index in [-0.39, 0.29) is 40.8 Å². The molecule has 30 heavy (non-hydrogen) atoms. The van der Waals surface area contributed by atoms with Crippen molar-refractivity contribution in [1.82, 2.24) is 15.5 Å². The summed E-state index contributed by atoms with van der Waals surface area (Å²) in [5.74, 6) is -1.93. The van der Waals surface area contributed by atoms with Crippen LogP contribution >= 0.6 is 11.8 Å². The summed E-state index contributed by atoms with van der Waals surface area (Å²) in [6.45, 7) is 7.34. The number of nitrogens with zero attached hydrogens (tertiary/aromatic N) is 2. The lowest BCUT2D eigenvalue weighted by atomic mass is 9.79. The van der Waals surface area contributed by atoms with Crippen LogP contribution in [-0.4, -0.2) is 101 Å². The Balaban J connectivity index is 1.47. The van der Waals surface area contributed by atoms with Crippen LogP contribution < -0.4 is 10.6 Å². The summed E-state index contributed by atoms with van der Waals surface area (Å²) in [5.41, 5.74) is 0.0512. The number of aliphatic hydroxyl groups excluding tert-OH is 1. The van der Waals surface area contributed by atoms with Gasteiger partial charge in [-0.25, -0.2) is 9.59 Å². The molecule has 0 bridgehead atoms. The number of quaternary nitrogens is 1. The zero-order valence-corrected chi connectivity index (χ0v) is 18.4. The van der Waals surface area contributed by atoms with E-state index in [1.54, 1.807) is 6.92 Å². The Hall–Kier alpha value is -1.46. The number of fused-ring (bicyclic) bond motifs is 1. The van der Waals surface area contributed by atoms with Crippen LogP contribution in [0.15, 0.2) is 10.6 Å². The van der Waals surface area contributed by atoms with Gasteiger partial charge in [0.05, 0.1) is 38.2 Å². The summed E-state index contributed by atoms with van der Waals surface area (Å²) in [7, 11) is 1.99. The van der Waals surface area contributed by atoms with Crippen LogP contribution in [0.3, 0.4) is 0 Å². The highest BCUT2D eigenvalue weighted by atomic mass is 32.2. The number of carboxylic acids is 1. The van der Waals surface area contributed by atoms with Gasteiger partial charge in [-0.3, -0.25) is 9.28 Å². The smallest absolute Gasteiger partial charge is 0.353 e. The van der Waals surface area contributed by atoms with E-state index < -0.39 is 18.0 Å². The highest BCUT2D eigenvalue weighted by molar-refractivity contribution is 8.03. The Morgan fingerprint density at radius 1 is 1.30 bits per heavy atom. The topological polar surface area (TPSA) is 119 Å². The quantitative estimate of drug-likeness (QED) is 0.324. The molecule has 0 spiro atoms. The average Bonchev–Trinajstić information content (AvgIpc) is 3.24. The fourth-order valence-corrected chi connectivity index (χ4v) is 6.80. The maximum absolute atomic E-state index is 13.1. The third-order valence-electron chi connectivity index (χ3n) is 7.09. The van der Waals surface area contributed by atoms with Gasteiger partial charge in [0.25, 0.3) is 0 Å². The molecule has 0 aromatic carbocycles. The molecule has 2 amide bonds. The molecule has 3 fully saturated rings. The zero-order chi connectivity index (χ0) is 21.8. The first kappa shape index (κ1) is 21.8. The van der Waals surface area contributed by atoms with Crippen LogP contribution in [0.25, 0.3) is 0 Å². The number of aliphatic hydroxyl groups is 1. The standard InChI is InChI=1S/C20H30N4O5S/c1-10-15-14(11(2)25)18(26)23(15)16(20(28)29)17(10)30-12-8-13(22-9-12)19(27)24(3)6-4-21-5-7-24/h10-15,21-22,25H,4-9H2,1-3H3/p+1/t10?,11?,12?,13?,14?,15-/m0/s1. The first-order valence-electron chi connectivity index (χ1n) is 10.6. The Bertz CT molecular complexity index is 794. The van der Waals surface area contributed by atoms with Crippen LogP contribution in [0, 0.1) is 11.8 Å². The number of carbonyl (C=O) groups is 3. The predicted octanol–water partition coefficient (Wildman–Crippen LogP) is -0.820. The van der Waals surface area contributed by atoms with Crippen molar-refractivity contribution in [3.63, 3.8) is 0 Å². The molecule has 166 valence electrons. The fourth-order valence-electron chi connectivity index (χ4n) is 5.32. The van der Waals surface area contributed by atoms with E-state index in [1.807, 2.05) is 14.0 Å². The lowest BCUT2D eigenvalue weighted by Gasteiger charge is -2.46. The monoisotopic (exact) mass is 439 g/mol. The lowest BCUT2D eigenvalue weighted by molar-refractivity contribution is -0.837. The predicted molar refractivity (Wildman–Crippen MR) is 111 cm³/mol. The molecule has 4 aliphatic heterocycles. The maximum atomic E-state index is 13.1. The number of piperazine rings is 1. The minimum Gasteiger partial charge on any atom is -0.477 e. The Kier molecular flexibility index (Phi) is 5.73. The number of hydrogen-bond donors (Lipinski definition) is 4. The zero-order valence-electron chi connectivity index (χ0n) is 17.6. The van der Waals surface area contributed by atoms with Gasteiger partial charge in [-0.15, -0.1) is 11.8 Å². The highest BCUT2D eigenvalue weighted by Crippen LogP contribution is 2.51. The lowest BCUT2D eigenvalue weighted by Crippen LogP contribution is -2.63. The summed E-state index contributed by atoms with van der Waals surface area (Å²) in [5, 5.41) is 26.4. The molecule has 4 heterocycles. The highest BCUT2D eigenvalue weighted by Gasteiger charge is 2.60. The SMILES string of the molecule is CC(O)C1C(=O)N2C(C(=O)O)=C(SC3CNC(C(=O)[N+]4(C)CCNCC4)C3)C(C)[C@@H]12. The molecule has 9 nitrogen and oxygen atoms in total. The van der Waals surface area contributed by atoms with Crippen molar-refractivity contribution in [2.24, 2.45) is 11.8 Å². The van der Waals surface area contributed by atoms with Crippen molar-refractivity contribution in [2.75, 3.05) is 39.8 Å². The van der Waals surface area contributed by atoms with Gasteiger partial charge < -0.3 is 25.7 Å². The van der Waals surface area contributed by atoms with Gasteiger partial charge in [-0.1, -0.05) is 6.92 Å². The first-order chi connectivity index (χ1) is 14.2. The molecule has 3 saturated heterocycles. The van der Waals surface area contributed by atoms with Gasteiger partial charge in [0.15, 0.2) is 0 Å². The molecule has 4 aliphatic rings. The van der Waals surface area contributed by atoms with Crippen molar-refractivity contribution < 1.29 is 29.1 Å². The molecular formula is C20H31N4O5S+. The number of likely N-dealkylation sites (N-methyl/N-ethyl adjacent to an activating group) is 1. The van der Waals surface area contributed by atoms with E-state index in [0.717, 1.165) is 26.2 Å². The number of carbonyl (C=O) groups excluding carboxylic acids is 2. The third kappa shape index (κ3) is 3.38. The van der Waals surface area contributed by atoms with Gasteiger partial charge in [0.1, 0.15) is 11.7 Å². The van der Waals surface area contributed by atoms with Crippen molar-refractivity contribution in [3.8, 4) is 0 Å². The number of thioether (sulfide) groups is 1. The minimum atomic E-state index is -1.11. The summed E-state index contributed by atoms with van der Waals surface area (Å²) in [6, 6.07) is -0.539. The van der Waals surface area contributed by atoms with Crippen LogP contribution in [0.4, 0.5) is 0 Å². The van der Waals surface area contributed by atoms with E-state index in [2.05, 4.69) is 10.6 Å². The van der Waals surface area contributed by atoms with Gasteiger partial charge >= 0.3 is 11.9 Å². The summed E-state index contributed by atoms with van der Waals surface area (Å²) < 4.78 is 0.419. The Morgan fingerprint density at radius 2 is 1.97 bits per heavy atom. The number of hydrogen-bond acceptors (Lipinski definition) is 7. The van der Waals surface area contributed by atoms with Gasteiger partial charge in [-0.05, 0) is 13.3 Å². The molecule has 0 saturated carbocycles. The van der Waals surface area contributed by atoms with Gasteiger partial charge in [0.2, 0.25) is 5.91 Å². The van der Waals surface area contributed by atoms with Crippen LogP contribution in [0.2, 0.25) is 0 Å². The van der Waals surface area contributed by atoms with Crippen molar-refractivity contribution in [2.45, 2.75) is 43.7 Å². The molecule has 4 N–H and O–H groups in total. The number of amides is 2. The summed E-state index contributed by atoms with van der Waals surface area (Å²) >= 11 is 1.48. The van der Waals surface area contributed by atoms with Gasteiger partial charge in [-0.2, -0.15) is 0 Å².